The van der Waals surface area contributed by atoms with Crippen molar-refractivity contribution in [3.05, 3.63) is 71.6 Å². The van der Waals surface area contributed by atoms with Crippen LogP contribution in [0.4, 0.5) is 0 Å². The molecule has 5 nitrogen and oxygen atoms in total. The van der Waals surface area contributed by atoms with E-state index in [1.807, 2.05) is 6.92 Å². The Kier molecular flexibility index (Phi) is 9.55. The van der Waals surface area contributed by atoms with E-state index in [0.717, 1.165) is 75.3 Å². The molecule has 1 N–H and O–H groups in total. The van der Waals surface area contributed by atoms with Gasteiger partial charge < -0.3 is 14.6 Å². The van der Waals surface area contributed by atoms with E-state index in [1.165, 1.54) is 16.6 Å². The molecule has 0 unspecified atom stereocenters. The minimum Gasteiger partial charge on any atom is -0.493 e. The summed E-state index contributed by atoms with van der Waals surface area (Å²) in [6.45, 7) is 8.45. The van der Waals surface area contributed by atoms with Gasteiger partial charge in [-0.25, -0.2) is 4.98 Å². The topological polar surface area (TPSA) is 56.2 Å². The molecule has 0 aliphatic carbocycles. The number of para-hydroxylation sites is 2. The third kappa shape index (κ3) is 7.48. The van der Waals surface area contributed by atoms with Gasteiger partial charge in [0.25, 0.3) is 0 Å². The SMILES string of the molecule is C/C=C/C(=O)NCCCCCc1nc2ccccc2n1CCCCOc1ccc(C)cc1C. The van der Waals surface area contributed by atoms with Crippen LogP contribution in [-0.4, -0.2) is 28.6 Å². The first-order valence-corrected chi connectivity index (χ1v) is 12.1. The van der Waals surface area contributed by atoms with Gasteiger partial charge in [0.1, 0.15) is 11.6 Å². The lowest BCUT2D eigenvalue weighted by molar-refractivity contribution is -0.116. The van der Waals surface area contributed by atoms with Crippen molar-refractivity contribution in [3.8, 4) is 5.75 Å². The number of aromatic nitrogens is 2. The van der Waals surface area contributed by atoms with Crippen molar-refractivity contribution in [2.45, 2.75) is 65.8 Å². The van der Waals surface area contributed by atoms with Gasteiger partial charge in [-0.1, -0.05) is 42.3 Å². The zero-order valence-electron chi connectivity index (χ0n) is 20.3. The summed E-state index contributed by atoms with van der Waals surface area (Å²) in [5.41, 5.74) is 4.73. The minimum atomic E-state index is -0.0131. The van der Waals surface area contributed by atoms with Crippen LogP contribution in [0.5, 0.6) is 5.75 Å². The number of hydrogen-bond acceptors (Lipinski definition) is 3. The van der Waals surface area contributed by atoms with Crippen LogP contribution in [0.15, 0.2) is 54.6 Å². The molecule has 0 saturated heterocycles. The second-order valence-electron chi connectivity index (χ2n) is 8.59. The molecular weight excluding hydrogens is 410 g/mol. The fourth-order valence-electron chi connectivity index (χ4n) is 4.09. The Bertz CT molecular complexity index is 1070. The van der Waals surface area contributed by atoms with Crippen LogP contribution in [0.1, 0.15) is 56.0 Å². The van der Waals surface area contributed by atoms with Crippen LogP contribution in [-0.2, 0) is 17.8 Å². The van der Waals surface area contributed by atoms with Gasteiger partial charge in [0.2, 0.25) is 5.91 Å². The highest BCUT2D eigenvalue weighted by atomic mass is 16.5. The number of aryl methyl sites for hydroxylation is 4. The normalized spacial score (nSPS) is 11.4. The molecule has 0 saturated carbocycles. The third-order valence-corrected chi connectivity index (χ3v) is 5.79. The molecule has 2 aromatic carbocycles. The van der Waals surface area contributed by atoms with Crippen molar-refractivity contribution >= 4 is 16.9 Å². The standard InChI is InChI=1S/C28H37N3O2/c1-4-12-28(32)29-18-9-5-6-15-27-30-24-13-7-8-14-25(24)31(27)19-10-11-20-33-26-17-16-22(2)21-23(26)3/h4,7-8,12-14,16-17,21H,5-6,9-11,15,18-20H2,1-3H3,(H,29,32)/b12-4+. The van der Waals surface area contributed by atoms with Crippen molar-refractivity contribution in [2.75, 3.05) is 13.2 Å². The number of carbonyl (C=O) groups excluding carboxylic acids is 1. The number of hydrogen-bond donors (Lipinski definition) is 1. The summed E-state index contributed by atoms with van der Waals surface area (Å²) >= 11 is 0. The highest BCUT2D eigenvalue weighted by Gasteiger charge is 2.10. The molecule has 1 amide bonds. The first kappa shape index (κ1) is 24.6. The Hall–Kier alpha value is -3.08. The van der Waals surface area contributed by atoms with Crippen molar-refractivity contribution in [1.29, 1.82) is 0 Å². The molecule has 1 aromatic heterocycles. The van der Waals surface area contributed by atoms with E-state index >= 15 is 0 Å². The average molecular weight is 448 g/mol. The molecule has 33 heavy (non-hydrogen) atoms. The van der Waals surface area contributed by atoms with E-state index in [2.05, 4.69) is 66.2 Å². The number of unbranched alkanes of at least 4 members (excludes halogenated alkanes) is 3. The van der Waals surface area contributed by atoms with Crippen molar-refractivity contribution in [3.63, 3.8) is 0 Å². The van der Waals surface area contributed by atoms with Gasteiger partial charge in [-0.3, -0.25) is 4.79 Å². The molecule has 176 valence electrons. The Labute approximate surface area is 197 Å². The molecule has 0 spiro atoms. The summed E-state index contributed by atoms with van der Waals surface area (Å²) in [5.74, 6) is 2.13. The zero-order chi connectivity index (χ0) is 23.5. The van der Waals surface area contributed by atoms with E-state index in [1.54, 1.807) is 12.2 Å². The Balaban J connectivity index is 1.47. The maximum Gasteiger partial charge on any atom is 0.243 e. The Morgan fingerprint density at radius 1 is 1.06 bits per heavy atom. The predicted molar refractivity (Wildman–Crippen MR) is 136 cm³/mol. The number of allylic oxidation sites excluding steroid dienone is 1. The molecule has 0 aliphatic rings. The lowest BCUT2D eigenvalue weighted by atomic mass is 10.1. The molecular formula is C28H37N3O2. The number of imidazole rings is 1. The molecule has 0 aliphatic heterocycles. The summed E-state index contributed by atoms with van der Waals surface area (Å²) < 4.78 is 8.38. The minimum absolute atomic E-state index is 0.0131. The van der Waals surface area contributed by atoms with Gasteiger partial charge in [0.15, 0.2) is 0 Å². The van der Waals surface area contributed by atoms with Gasteiger partial charge in [0, 0.05) is 19.5 Å². The Morgan fingerprint density at radius 3 is 2.73 bits per heavy atom. The van der Waals surface area contributed by atoms with E-state index in [0.29, 0.717) is 0 Å². The quantitative estimate of drug-likeness (QED) is 0.261. The Morgan fingerprint density at radius 2 is 1.91 bits per heavy atom. The van der Waals surface area contributed by atoms with Crippen molar-refractivity contribution in [2.24, 2.45) is 0 Å². The van der Waals surface area contributed by atoms with Crippen LogP contribution in [0.25, 0.3) is 11.0 Å². The maximum atomic E-state index is 11.5. The molecule has 0 radical (unpaired) electrons. The van der Waals surface area contributed by atoms with Gasteiger partial charge in [-0.15, -0.1) is 0 Å². The third-order valence-electron chi connectivity index (χ3n) is 5.79. The van der Waals surface area contributed by atoms with E-state index in [9.17, 15) is 4.79 Å². The summed E-state index contributed by atoms with van der Waals surface area (Å²) in [6, 6.07) is 14.7. The van der Waals surface area contributed by atoms with Crippen LogP contribution in [0.3, 0.4) is 0 Å². The summed E-state index contributed by atoms with van der Waals surface area (Å²) in [7, 11) is 0. The van der Waals surface area contributed by atoms with Crippen molar-refractivity contribution in [1.82, 2.24) is 14.9 Å². The van der Waals surface area contributed by atoms with E-state index in [4.69, 9.17) is 9.72 Å². The van der Waals surface area contributed by atoms with Gasteiger partial charge in [0.05, 0.1) is 17.6 Å². The summed E-state index contributed by atoms with van der Waals surface area (Å²) in [5, 5.41) is 2.91. The molecule has 3 rings (SSSR count). The van der Waals surface area contributed by atoms with E-state index in [-0.39, 0.29) is 5.91 Å². The molecule has 3 aromatic rings. The van der Waals surface area contributed by atoms with Gasteiger partial charge >= 0.3 is 0 Å². The number of fused-ring (bicyclic) bond motifs is 1. The number of nitrogens with zero attached hydrogens (tertiary/aromatic N) is 2. The second kappa shape index (κ2) is 12.8. The lowest BCUT2D eigenvalue weighted by Crippen LogP contribution is -2.21. The number of carbonyl (C=O) groups is 1. The number of ether oxygens (including phenoxy) is 1. The molecule has 5 heteroatoms. The van der Waals surface area contributed by atoms with Crippen LogP contribution in [0.2, 0.25) is 0 Å². The zero-order valence-corrected chi connectivity index (χ0v) is 20.3. The van der Waals surface area contributed by atoms with E-state index < -0.39 is 0 Å². The second-order valence-corrected chi connectivity index (χ2v) is 8.59. The summed E-state index contributed by atoms with van der Waals surface area (Å²) in [6.07, 6.45) is 9.46. The number of rotatable bonds is 13. The van der Waals surface area contributed by atoms with Gasteiger partial charge in [-0.05, 0) is 76.3 Å². The van der Waals surface area contributed by atoms with Crippen LogP contribution in [0, 0.1) is 13.8 Å². The average Bonchev–Trinajstić information content (AvgIpc) is 3.15. The van der Waals surface area contributed by atoms with Crippen molar-refractivity contribution < 1.29 is 9.53 Å². The smallest absolute Gasteiger partial charge is 0.243 e. The first-order chi connectivity index (χ1) is 16.1. The predicted octanol–water partition coefficient (Wildman–Crippen LogP) is 5.92. The van der Waals surface area contributed by atoms with Crippen LogP contribution < -0.4 is 10.1 Å². The molecule has 0 bridgehead atoms. The molecule has 1 heterocycles. The molecule has 0 atom stereocenters. The fourth-order valence-corrected chi connectivity index (χ4v) is 4.09. The van der Waals surface area contributed by atoms with Crippen LogP contribution >= 0.6 is 0 Å². The number of nitrogens with one attached hydrogen (secondary N) is 1. The first-order valence-electron chi connectivity index (χ1n) is 12.1. The lowest BCUT2D eigenvalue weighted by Gasteiger charge is -2.12. The summed E-state index contributed by atoms with van der Waals surface area (Å²) in [4.78, 5) is 16.4. The largest absolute Gasteiger partial charge is 0.493 e. The number of benzene rings is 2. The fraction of sp³-hybridized carbons (Fsp3) is 0.429. The maximum absolute atomic E-state index is 11.5. The number of amides is 1. The highest BCUT2D eigenvalue weighted by Crippen LogP contribution is 2.20. The molecule has 0 fully saturated rings. The monoisotopic (exact) mass is 447 g/mol. The highest BCUT2D eigenvalue weighted by molar-refractivity contribution is 5.87. The van der Waals surface area contributed by atoms with Gasteiger partial charge in [-0.2, -0.15) is 0 Å².